The van der Waals surface area contributed by atoms with Gasteiger partial charge in [0.05, 0.1) is 0 Å². The lowest BCUT2D eigenvalue weighted by atomic mass is 10.1. The molecular formula is C6H11NO2. The van der Waals surface area contributed by atoms with Crippen LogP contribution in [0.4, 0.5) is 0 Å². The summed E-state index contributed by atoms with van der Waals surface area (Å²) in [5.41, 5.74) is 0. The molecule has 1 saturated heterocycles. The molecule has 1 aliphatic rings. The Morgan fingerprint density at radius 1 is 1.78 bits per heavy atom. The van der Waals surface area contributed by atoms with E-state index in [4.69, 9.17) is 5.11 Å². The van der Waals surface area contributed by atoms with Gasteiger partial charge in [0.2, 0.25) is 0 Å². The molecule has 0 aliphatic carbocycles. The third kappa shape index (κ3) is 1.21. The number of aliphatic hydroxyl groups is 1. The van der Waals surface area contributed by atoms with Crippen molar-refractivity contribution in [2.75, 3.05) is 13.6 Å². The van der Waals surface area contributed by atoms with Gasteiger partial charge in [0, 0.05) is 13.6 Å². The van der Waals surface area contributed by atoms with Crippen molar-refractivity contribution < 1.29 is 9.90 Å². The summed E-state index contributed by atoms with van der Waals surface area (Å²) < 4.78 is 0. The van der Waals surface area contributed by atoms with Crippen molar-refractivity contribution in [2.24, 2.45) is 0 Å². The number of likely N-dealkylation sites (tertiary alicyclic amines) is 1. The van der Waals surface area contributed by atoms with Crippen molar-refractivity contribution in [1.82, 2.24) is 4.90 Å². The van der Waals surface area contributed by atoms with Gasteiger partial charge in [0.15, 0.2) is 0 Å². The number of hydrogen-bond acceptors (Lipinski definition) is 2. The number of nitrogens with zero attached hydrogens (tertiary/aromatic N) is 1. The number of rotatable bonds is 0. The number of amides is 1. The van der Waals surface area contributed by atoms with Crippen LogP contribution in [0, 0.1) is 0 Å². The lowest BCUT2D eigenvalue weighted by molar-refractivity contribution is -0.142. The second-order valence-corrected chi connectivity index (χ2v) is 2.42. The zero-order chi connectivity index (χ0) is 6.85. The number of piperidine rings is 1. The number of carbonyl (C=O) groups excluding carboxylic acids is 1. The molecule has 0 saturated carbocycles. The molecule has 0 aromatic heterocycles. The SMILES string of the molecule is CN1CCCC(O)C1=O. The van der Waals surface area contributed by atoms with Gasteiger partial charge in [-0.2, -0.15) is 0 Å². The quantitative estimate of drug-likeness (QED) is 0.483. The van der Waals surface area contributed by atoms with E-state index in [1.807, 2.05) is 0 Å². The summed E-state index contributed by atoms with van der Waals surface area (Å²) in [5, 5.41) is 8.96. The molecule has 1 amide bonds. The van der Waals surface area contributed by atoms with E-state index < -0.39 is 6.10 Å². The van der Waals surface area contributed by atoms with Gasteiger partial charge >= 0.3 is 0 Å². The molecule has 52 valence electrons. The molecule has 0 bridgehead atoms. The Morgan fingerprint density at radius 2 is 2.44 bits per heavy atom. The van der Waals surface area contributed by atoms with E-state index >= 15 is 0 Å². The lowest BCUT2D eigenvalue weighted by Crippen LogP contribution is -2.41. The van der Waals surface area contributed by atoms with Gasteiger partial charge in [0.1, 0.15) is 6.10 Å². The summed E-state index contributed by atoms with van der Waals surface area (Å²) in [4.78, 5) is 12.4. The van der Waals surface area contributed by atoms with E-state index in [1.54, 1.807) is 11.9 Å². The van der Waals surface area contributed by atoms with E-state index in [-0.39, 0.29) is 5.91 Å². The van der Waals surface area contributed by atoms with Crippen molar-refractivity contribution >= 4 is 5.91 Å². The summed E-state index contributed by atoms with van der Waals surface area (Å²) in [7, 11) is 1.71. The Balaban J connectivity index is 2.52. The predicted octanol–water partition coefficient (Wildman–Crippen LogP) is -0.401. The van der Waals surface area contributed by atoms with Crippen molar-refractivity contribution in [3.63, 3.8) is 0 Å². The summed E-state index contributed by atoms with van der Waals surface area (Å²) in [6.45, 7) is 0.788. The Bertz CT molecular complexity index is 112. The zero-order valence-corrected chi connectivity index (χ0v) is 5.50. The highest BCUT2D eigenvalue weighted by atomic mass is 16.3. The Morgan fingerprint density at radius 3 is 2.89 bits per heavy atom. The van der Waals surface area contributed by atoms with E-state index in [9.17, 15) is 4.79 Å². The van der Waals surface area contributed by atoms with Crippen LogP contribution < -0.4 is 0 Å². The van der Waals surface area contributed by atoms with Gasteiger partial charge in [-0.05, 0) is 12.8 Å². The average Bonchev–Trinajstić information content (AvgIpc) is 1.83. The highest BCUT2D eigenvalue weighted by molar-refractivity contribution is 5.80. The normalized spacial score (nSPS) is 28.9. The minimum Gasteiger partial charge on any atom is -0.383 e. The predicted molar refractivity (Wildman–Crippen MR) is 32.9 cm³/mol. The molecule has 1 heterocycles. The summed E-state index contributed by atoms with van der Waals surface area (Å²) in [6, 6.07) is 0. The van der Waals surface area contributed by atoms with Gasteiger partial charge in [-0.25, -0.2) is 0 Å². The second kappa shape index (κ2) is 2.35. The first kappa shape index (κ1) is 6.55. The van der Waals surface area contributed by atoms with Crippen molar-refractivity contribution in [2.45, 2.75) is 18.9 Å². The molecule has 1 fully saturated rings. The lowest BCUT2D eigenvalue weighted by Gasteiger charge is -2.25. The molecule has 0 spiro atoms. The number of aliphatic hydroxyl groups excluding tert-OH is 1. The molecule has 9 heavy (non-hydrogen) atoms. The first-order valence-electron chi connectivity index (χ1n) is 3.15. The van der Waals surface area contributed by atoms with Crippen LogP contribution in [0.15, 0.2) is 0 Å². The van der Waals surface area contributed by atoms with Crippen LogP contribution in [0.1, 0.15) is 12.8 Å². The van der Waals surface area contributed by atoms with Crippen molar-refractivity contribution in [3.8, 4) is 0 Å². The maximum Gasteiger partial charge on any atom is 0.251 e. The van der Waals surface area contributed by atoms with Crippen LogP contribution in [-0.2, 0) is 4.79 Å². The van der Waals surface area contributed by atoms with Gasteiger partial charge in [-0.3, -0.25) is 4.79 Å². The summed E-state index contributed by atoms with van der Waals surface area (Å²) in [5.74, 6) is -0.138. The molecule has 3 heteroatoms. The van der Waals surface area contributed by atoms with Crippen LogP contribution >= 0.6 is 0 Å². The standard InChI is InChI=1S/C6H11NO2/c1-7-4-2-3-5(8)6(7)9/h5,8H,2-4H2,1H3. The molecule has 0 aromatic rings. The second-order valence-electron chi connectivity index (χ2n) is 2.42. The minimum absolute atomic E-state index is 0.138. The summed E-state index contributed by atoms with van der Waals surface area (Å²) in [6.07, 6.45) is 0.816. The molecule has 1 aliphatic heterocycles. The molecule has 0 radical (unpaired) electrons. The summed E-state index contributed by atoms with van der Waals surface area (Å²) >= 11 is 0. The van der Waals surface area contributed by atoms with E-state index in [2.05, 4.69) is 0 Å². The number of likely N-dealkylation sites (N-methyl/N-ethyl adjacent to an activating group) is 1. The van der Waals surface area contributed by atoms with Crippen LogP contribution in [0.2, 0.25) is 0 Å². The van der Waals surface area contributed by atoms with Crippen LogP contribution in [0.25, 0.3) is 0 Å². The zero-order valence-electron chi connectivity index (χ0n) is 5.50. The first-order valence-corrected chi connectivity index (χ1v) is 3.15. The average molecular weight is 129 g/mol. The largest absolute Gasteiger partial charge is 0.383 e. The van der Waals surface area contributed by atoms with Gasteiger partial charge < -0.3 is 10.0 Å². The Labute approximate surface area is 54.3 Å². The maximum atomic E-state index is 10.8. The topological polar surface area (TPSA) is 40.5 Å². The van der Waals surface area contributed by atoms with Gasteiger partial charge in [-0.15, -0.1) is 0 Å². The van der Waals surface area contributed by atoms with Crippen molar-refractivity contribution in [1.29, 1.82) is 0 Å². The van der Waals surface area contributed by atoms with Crippen LogP contribution in [0.5, 0.6) is 0 Å². The molecule has 1 atom stereocenters. The molecule has 1 N–H and O–H groups in total. The molecule has 0 aromatic carbocycles. The number of carbonyl (C=O) groups is 1. The minimum atomic E-state index is -0.733. The van der Waals surface area contributed by atoms with E-state index in [0.29, 0.717) is 6.42 Å². The highest BCUT2D eigenvalue weighted by Gasteiger charge is 2.23. The smallest absolute Gasteiger partial charge is 0.251 e. The molecular weight excluding hydrogens is 118 g/mol. The fourth-order valence-electron chi connectivity index (χ4n) is 1.01. The maximum absolute atomic E-state index is 10.8. The third-order valence-corrected chi connectivity index (χ3v) is 1.63. The van der Waals surface area contributed by atoms with E-state index in [1.165, 1.54) is 0 Å². The third-order valence-electron chi connectivity index (χ3n) is 1.63. The van der Waals surface area contributed by atoms with Crippen LogP contribution in [0.3, 0.4) is 0 Å². The van der Waals surface area contributed by atoms with Crippen LogP contribution in [-0.4, -0.2) is 35.6 Å². The first-order chi connectivity index (χ1) is 4.22. The number of hydrogen-bond donors (Lipinski definition) is 1. The fourth-order valence-corrected chi connectivity index (χ4v) is 1.01. The monoisotopic (exact) mass is 129 g/mol. The molecule has 3 nitrogen and oxygen atoms in total. The Hall–Kier alpha value is -0.570. The molecule has 1 rings (SSSR count). The van der Waals surface area contributed by atoms with Gasteiger partial charge in [-0.1, -0.05) is 0 Å². The van der Waals surface area contributed by atoms with Crippen molar-refractivity contribution in [3.05, 3.63) is 0 Å². The highest BCUT2D eigenvalue weighted by Crippen LogP contribution is 2.08. The Kier molecular flexibility index (Phi) is 1.71. The van der Waals surface area contributed by atoms with E-state index in [0.717, 1.165) is 13.0 Å². The molecule has 1 unspecified atom stereocenters. The fraction of sp³-hybridized carbons (Fsp3) is 0.833. The van der Waals surface area contributed by atoms with Gasteiger partial charge in [0.25, 0.3) is 5.91 Å².